The van der Waals surface area contributed by atoms with E-state index in [0.717, 1.165) is 35.7 Å². The molecule has 0 bridgehead atoms. The minimum atomic E-state index is -5.08. The number of carboxylic acids is 1. The maximum Gasteiger partial charge on any atom is 0.490 e. The van der Waals surface area contributed by atoms with Gasteiger partial charge in [0.05, 0.1) is 5.69 Å². The number of aliphatic carboxylic acids is 1. The average molecular weight is 448 g/mol. The molecule has 0 aliphatic carbocycles. The lowest BCUT2D eigenvalue weighted by Gasteiger charge is -2.14. The van der Waals surface area contributed by atoms with Crippen LogP contribution in [0.25, 0.3) is 11.3 Å². The zero-order chi connectivity index (χ0) is 23.3. The van der Waals surface area contributed by atoms with Gasteiger partial charge in [-0.3, -0.25) is 10.1 Å². The number of aromatic amines is 1. The summed E-state index contributed by atoms with van der Waals surface area (Å²) >= 11 is 0. The van der Waals surface area contributed by atoms with Gasteiger partial charge in [0, 0.05) is 42.7 Å². The molecule has 170 valence electrons. The number of aromatic nitrogens is 3. The van der Waals surface area contributed by atoms with Crippen molar-refractivity contribution in [3.8, 4) is 17.0 Å². The lowest BCUT2D eigenvalue weighted by molar-refractivity contribution is -0.192. The summed E-state index contributed by atoms with van der Waals surface area (Å²) in [6.07, 6.45) is -0.249. The van der Waals surface area contributed by atoms with Crippen molar-refractivity contribution in [2.75, 3.05) is 0 Å². The second kappa shape index (κ2) is 9.82. The number of fused-ring (bicyclic) bond motifs is 1. The summed E-state index contributed by atoms with van der Waals surface area (Å²) in [6, 6.07) is 12.7. The van der Waals surface area contributed by atoms with E-state index in [4.69, 9.17) is 14.6 Å². The first-order valence-corrected chi connectivity index (χ1v) is 9.91. The molecule has 1 aliphatic heterocycles. The third-order valence-electron chi connectivity index (χ3n) is 4.87. The van der Waals surface area contributed by atoms with E-state index in [-0.39, 0.29) is 12.1 Å². The second-order valence-corrected chi connectivity index (χ2v) is 7.42. The Morgan fingerprint density at radius 3 is 2.62 bits per heavy atom. The van der Waals surface area contributed by atoms with Crippen LogP contribution in [0.3, 0.4) is 0 Å². The molecule has 3 N–H and O–H groups in total. The maximum atomic E-state index is 10.6. The highest BCUT2D eigenvalue weighted by Gasteiger charge is 2.38. The molecule has 0 fully saturated rings. The molecule has 0 saturated heterocycles. The molecule has 1 unspecified atom stereocenters. The number of hydrogen-bond acceptors (Lipinski definition) is 5. The van der Waals surface area contributed by atoms with Crippen molar-refractivity contribution in [1.82, 2.24) is 20.5 Å². The standard InChI is InChI=1S/C20H22N4O.C2HF3O2/c1-13-9-17-10-16(3-4-20(17)25-13)14(2)22-12-18-11-19(24-23-18)15-5-7-21-8-6-15;3-2(4,5)1(6)7/h3-8,10-11,13-14,22H,9,12H2,1-2H3,(H,23,24);(H,6,7)/t13?,14-;/m0./s1. The van der Waals surface area contributed by atoms with Crippen LogP contribution >= 0.6 is 0 Å². The minimum Gasteiger partial charge on any atom is -0.490 e. The molecule has 3 aromatic rings. The third-order valence-corrected chi connectivity index (χ3v) is 4.87. The Labute approximate surface area is 182 Å². The highest BCUT2D eigenvalue weighted by molar-refractivity contribution is 5.73. The van der Waals surface area contributed by atoms with Gasteiger partial charge in [-0.15, -0.1) is 0 Å². The summed E-state index contributed by atoms with van der Waals surface area (Å²) in [5.41, 5.74) is 5.66. The number of nitrogens with zero attached hydrogens (tertiary/aromatic N) is 2. The molecule has 0 amide bonds. The van der Waals surface area contributed by atoms with Gasteiger partial charge in [-0.1, -0.05) is 12.1 Å². The Morgan fingerprint density at radius 1 is 1.28 bits per heavy atom. The molecule has 4 rings (SSSR count). The van der Waals surface area contributed by atoms with E-state index in [1.807, 2.05) is 12.1 Å². The minimum absolute atomic E-state index is 0.258. The van der Waals surface area contributed by atoms with Crippen LogP contribution in [0.4, 0.5) is 13.2 Å². The number of alkyl halides is 3. The SMILES string of the molecule is CC1Cc2cc([C@H](C)NCc3cc(-c4ccncc4)n[nH]3)ccc2O1.O=C(O)C(F)(F)F. The Morgan fingerprint density at radius 2 is 1.97 bits per heavy atom. The molecule has 0 spiro atoms. The zero-order valence-electron chi connectivity index (χ0n) is 17.5. The highest BCUT2D eigenvalue weighted by atomic mass is 19.4. The van der Waals surface area contributed by atoms with Gasteiger partial charge >= 0.3 is 12.1 Å². The molecule has 7 nitrogen and oxygen atoms in total. The zero-order valence-corrected chi connectivity index (χ0v) is 17.5. The molecule has 2 atom stereocenters. The summed E-state index contributed by atoms with van der Waals surface area (Å²) in [5.74, 6) is -1.73. The number of pyridine rings is 1. The molecule has 10 heteroatoms. The molecule has 3 heterocycles. The fourth-order valence-corrected chi connectivity index (χ4v) is 3.21. The number of nitrogens with one attached hydrogen (secondary N) is 2. The normalized spacial score (nSPS) is 15.8. The summed E-state index contributed by atoms with van der Waals surface area (Å²) < 4.78 is 37.5. The van der Waals surface area contributed by atoms with E-state index in [0.29, 0.717) is 0 Å². The van der Waals surface area contributed by atoms with Crippen molar-refractivity contribution in [1.29, 1.82) is 0 Å². The first kappa shape index (κ1) is 23.3. The van der Waals surface area contributed by atoms with Crippen molar-refractivity contribution in [3.63, 3.8) is 0 Å². The number of ether oxygens (including phenoxy) is 1. The van der Waals surface area contributed by atoms with Gasteiger partial charge in [-0.25, -0.2) is 4.79 Å². The van der Waals surface area contributed by atoms with Crippen molar-refractivity contribution in [2.24, 2.45) is 0 Å². The lowest BCUT2D eigenvalue weighted by Crippen LogP contribution is -2.21. The van der Waals surface area contributed by atoms with Crippen molar-refractivity contribution in [3.05, 3.63) is 65.6 Å². The summed E-state index contributed by atoms with van der Waals surface area (Å²) in [7, 11) is 0. The number of benzene rings is 1. The second-order valence-electron chi connectivity index (χ2n) is 7.42. The van der Waals surface area contributed by atoms with Gasteiger partial charge in [-0.05, 0) is 49.2 Å². The topological polar surface area (TPSA) is 100 Å². The van der Waals surface area contributed by atoms with Gasteiger partial charge in [0.15, 0.2) is 0 Å². The fourth-order valence-electron chi connectivity index (χ4n) is 3.21. The molecule has 0 saturated carbocycles. The Bertz CT molecular complexity index is 1050. The number of hydrogen-bond donors (Lipinski definition) is 3. The van der Waals surface area contributed by atoms with Crippen LogP contribution < -0.4 is 10.1 Å². The van der Waals surface area contributed by atoms with Crippen LogP contribution in [-0.4, -0.2) is 38.5 Å². The van der Waals surface area contributed by atoms with E-state index < -0.39 is 12.1 Å². The molecule has 1 aromatic carbocycles. The summed E-state index contributed by atoms with van der Waals surface area (Å²) in [4.78, 5) is 12.9. The van der Waals surface area contributed by atoms with Crippen LogP contribution in [0, 0.1) is 0 Å². The quantitative estimate of drug-likeness (QED) is 0.539. The van der Waals surface area contributed by atoms with E-state index in [9.17, 15) is 13.2 Å². The maximum absolute atomic E-state index is 10.6. The predicted molar refractivity (Wildman–Crippen MR) is 111 cm³/mol. The van der Waals surface area contributed by atoms with E-state index >= 15 is 0 Å². The summed E-state index contributed by atoms with van der Waals surface area (Å²) in [6.45, 7) is 5.03. The smallest absolute Gasteiger partial charge is 0.490 e. The van der Waals surface area contributed by atoms with Crippen LogP contribution in [0.1, 0.15) is 36.7 Å². The number of H-pyrrole nitrogens is 1. The van der Waals surface area contributed by atoms with Crippen LogP contribution in [-0.2, 0) is 17.8 Å². The molecule has 2 aromatic heterocycles. The highest BCUT2D eigenvalue weighted by Crippen LogP contribution is 2.31. The Kier molecular flexibility index (Phi) is 7.14. The molecule has 0 radical (unpaired) electrons. The van der Waals surface area contributed by atoms with E-state index in [1.54, 1.807) is 12.4 Å². The molecule has 1 aliphatic rings. The van der Waals surface area contributed by atoms with E-state index in [2.05, 4.69) is 58.6 Å². The van der Waals surface area contributed by atoms with Gasteiger partial charge in [0.2, 0.25) is 0 Å². The Hall–Kier alpha value is -3.40. The van der Waals surface area contributed by atoms with Crippen LogP contribution in [0.2, 0.25) is 0 Å². The van der Waals surface area contributed by atoms with Gasteiger partial charge in [-0.2, -0.15) is 18.3 Å². The van der Waals surface area contributed by atoms with Crippen LogP contribution in [0.15, 0.2) is 48.8 Å². The first-order valence-electron chi connectivity index (χ1n) is 9.91. The van der Waals surface area contributed by atoms with E-state index in [1.165, 1.54) is 11.1 Å². The van der Waals surface area contributed by atoms with Gasteiger partial charge in [0.25, 0.3) is 0 Å². The molecular weight excluding hydrogens is 425 g/mol. The third kappa shape index (κ3) is 6.07. The Balaban J connectivity index is 0.000000360. The van der Waals surface area contributed by atoms with Crippen molar-refractivity contribution >= 4 is 5.97 Å². The van der Waals surface area contributed by atoms with Gasteiger partial charge in [0.1, 0.15) is 11.9 Å². The predicted octanol–water partition coefficient (Wildman–Crippen LogP) is 4.28. The largest absolute Gasteiger partial charge is 0.490 e. The lowest BCUT2D eigenvalue weighted by atomic mass is 10.0. The monoisotopic (exact) mass is 448 g/mol. The number of carbonyl (C=O) groups is 1. The molecular formula is C22H23F3N4O3. The average Bonchev–Trinajstić information content (AvgIpc) is 3.37. The van der Waals surface area contributed by atoms with Crippen molar-refractivity contribution < 1.29 is 27.8 Å². The van der Waals surface area contributed by atoms with Crippen LogP contribution in [0.5, 0.6) is 5.75 Å². The fraction of sp³-hybridized carbons (Fsp3) is 0.318. The van der Waals surface area contributed by atoms with Gasteiger partial charge < -0.3 is 15.2 Å². The number of carboxylic acid groups (broad SMARTS) is 1. The van der Waals surface area contributed by atoms with Crippen molar-refractivity contribution in [2.45, 2.75) is 45.1 Å². The number of rotatable bonds is 5. The molecule has 32 heavy (non-hydrogen) atoms. The number of halogens is 3. The summed E-state index contributed by atoms with van der Waals surface area (Å²) in [5, 5.41) is 18.2. The first-order chi connectivity index (χ1) is 15.1.